The summed E-state index contributed by atoms with van der Waals surface area (Å²) in [6.45, 7) is 6.89. The number of piperazine rings is 1. The van der Waals surface area contributed by atoms with E-state index < -0.39 is 10.0 Å². The molecule has 1 aromatic carbocycles. The van der Waals surface area contributed by atoms with Crippen LogP contribution in [0.4, 0.5) is 4.39 Å². The van der Waals surface area contributed by atoms with Gasteiger partial charge in [-0.25, -0.2) is 17.9 Å². The summed E-state index contributed by atoms with van der Waals surface area (Å²) in [5.74, 6) is -0.446. The highest BCUT2D eigenvalue weighted by atomic mass is 32.2. The molecule has 0 bridgehead atoms. The monoisotopic (exact) mass is 386 g/mol. The summed E-state index contributed by atoms with van der Waals surface area (Å²) in [4.78, 5) is 16.6. The zero-order valence-corrected chi connectivity index (χ0v) is 16.0. The van der Waals surface area contributed by atoms with E-state index in [1.807, 2.05) is 18.7 Å². The fourth-order valence-corrected chi connectivity index (χ4v) is 3.48. The van der Waals surface area contributed by atoms with E-state index in [2.05, 4.69) is 10.2 Å². The molecule has 1 saturated heterocycles. The van der Waals surface area contributed by atoms with Gasteiger partial charge in [0.05, 0.1) is 17.8 Å². The number of carbonyl (C=O) groups excluding carboxylic acids is 1. The van der Waals surface area contributed by atoms with Gasteiger partial charge in [0.25, 0.3) is 0 Å². The summed E-state index contributed by atoms with van der Waals surface area (Å²) < 4.78 is 35.1. The maximum Gasteiger partial charge on any atom is 0.237 e. The highest BCUT2D eigenvalue weighted by Gasteiger charge is 2.26. The van der Waals surface area contributed by atoms with Gasteiger partial charge >= 0.3 is 0 Å². The van der Waals surface area contributed by atoms with Crippen LogP contribution in [0.1, 0.15) is 25.5 Å². The lowest BCUT2D eigenvalue weighted by molar-refractivity contribution is -0.127. The molecule has 3 N–H and O–H groups in total. The molecule has 2 atom stereocenters. The molecular weight excluding hydrogens is 359 g/mol. The molecule has 1 fully saturated rings. The second-order valence-corrected chi connectivity index (χ2v) is 8.44. The number of nitrogens with zero attached hydrogens (tertiary/aromatic N) is 2. The van der Waals surface area contributed by atoms with E-state index in [-0.39, 0.29) is 29.6 Å². The van der Waals surface area contributed by atoms with Gasteiger partial charge in [0.2, 0.25) is 15.9 Å². The lowest BCUT2D eigenvalue weighted by Crippen LogP contribution is -2.54. The third-order valence-corrected chi connectivity index (χ3v) is 5.51. The SMILES string of the molecule is C[C@H](NC(=O)[C@H](C)N1CCN(CCS(N)(=O)=O)CC1)c1ccc(F)cc1. The predicted octanol–water partition coefficient (Wildman–Crippen LogP) is 0.298. The Morgan fingerprint density at radius 3 is 2.31 bits per heavy atom. The van der Waals surface area contributed by atoms with Crippen LogP contribution in [0.15, 0.2) is 24.3 Å². The Morgan fingerprint density at radius 2 is 1.77 bits per heavy atom. The molecule has 1 aliphatic rings. The van der Waals surface area contributed by atoms with Crippen molar-refractivity contribution in [1.82, 2.24) is 15.1 Å². The van der Waals surface area contributed by atoms with Crippen molar-refractivity contribution in [2.24, 2.45) is 5.14 Å². The van der Waals surface area contributed by atoms with E-state index in [1.165, 1.54) is 12.1 Å². The average Bonchev–Trinajstić information content (AvgIpc) is 2.59. The fraction of sp³-hybridized carbons (Fsp3) is 0.588. The fourth-order valence-electron chi connectivity index (χ4n) is 2.97. The Morgan fingerprint density at radius 1 is 1.19 bits per heavy atom. The van der Waals surface area contributed by atoms with Gasteiger partial charge < -0.3 is 5.32 Å². The molecule has 7 nitrogen and oxygen atoms in total. The topological polar surface area (TPSA) is 95.7 Å². The van der Waals surface area contributed by atoms with E-state index in [0.717, 1.165) is 5.56 Å². The van der Waals surface area contributed by atoms with Gasteiger partial charge in [-0.05, 0) is 31.5 Å². The Balaban J connectivity index is 1.80. The molecule has 0 aromatic heterocycles. The van der Waals surface area contributed by atoms with Crippen molar-refractivity contribution >= 4 is 15.9 Å². The highest BCUT2D eigenvalue weighted by Crippen LogP contribution is 2.14. The predicted molar refractivity (Wildman–Crippen MR) is 98.4 cm³/mol. The van der Waals surface area contributed by atoms with Gasteiger partial charge in [0.1, 0.15) is 5.82 Å². The number of primary sulfonamides is 1. The van der Waals surface area contributed by atoms with Crippen molar-refractivity contribution in [2.75, 3.05) is 38.5 Å². The van der Waals surface area contributed by atoms with Crippen molar-refractivity contribution in [3.8, 4) is 0 Å². The quantitative estimate of drug-likeness (QED) is 0.703. The smallest absolute Gasteiger partial charge is 0.237 e. The van der Waals surface area contributed by atoms with E-state index in [4.69, 9.17) is 5.14 Å². The number of hydrogen-bond acceptors (Lipinski definition) is 5. The van der Waals surface area contributed by atoms with E-state index in [0.29, 0.717) is 32.7 Å². The van der Waals surface area contributed by atoms with Crippen LogP contribution < -0.4 is 10.5 Å². The van der Waals surface area contributed by atoms with Gasteiger partial charge in [-0.15, -0.1) is 0 Å². The first-order valence-corrected chi connectivity index (χ1v) is 10.4. The van der Waals surface area contributed by atoms with Crippen LogP contribution in [-0.2, 0) is 14.8 Å². The van der Waals surface area contributed by atoms with Crippen molar-refractivity contribution < 1.29 is 17.6 Å². The van der Waals surface area contributed by atoms with E-state index >= 15 is 0 Å². The molecule has 26 heavy (non-hydrogen) atoms. The summed E-state index contributed by atoms with van der Waals surface area (Å²) in [5, 5.41) is 7.99. The highest BCUT2D eigenvalue weighted by molar-refractivity contribution is 7.89. The number of halogens is 1. The maximum atomic E-state index is 13.0. The van der Waals surface area contributed by atoms with Gasteiger partial charge in [0, 0.05) is 32.7 Å². The molecule has 1 heterocycles. The summed E-state index contributed by atoms with van der Waals surface area (Å²) >= 11 is 0. The number of benzene rings is 1. The Kier molecular flexibility index (Phi) is 7.10. The molecule has 1 aromatic rings. The molecule has 9 heteroatoms. The number of nitrogens with two attached hydrogens (primary N) is 1. The number of nitrogens with one attached hydrogen (secondary N) is 1. The van der Waals surface area contributed by atoms with Crippen molar-refractivity contribution in [2.45, 2.75) is 25.9 Å². The molecule has 0 radical (unpaired) electrons. The Labute approximate surface area is 154 Å². The van der Waals surface area contributed by atoms with Gasteiger partial charge in [0.15, 0.2) is 0 Å². The van der Waals surface area contributed by atoms with Gasteiger partial charge in [-0.2, -0.15) is 0 Å². The second kappa shape index (κ2) is 8.90. The zero-order chi connectivity index (χ0) is 19.3. The molecule has 1 aliphatic heterocycles. The van der Waals surface area contributed by atoms with Crippen LogP contribution >= 0.6 is 0 Å². The van der Waals surface area contributed by atoms with Crippen LogP contribution in [0.3, 0.4) is 0 Å². The van der Waals surface area contributed by atoms with Crippen LogP contribution in [-0.4, -0.2) is 68.6 Å². The number of hydrogen-bond donors (Lipinski definition) is 2. The number of sulfonamides is 1. The maximum absolute atomic E-state index is 13.0. The Bertz CT molecular complexity index is 703. The number of amides is 1. The normalized spacial score (nSPS) is 19.1. The summed E-state index contributed by atoms with van der Waals surface area (Å²) in [6.07, 6.45) is 0. The molecule has 2 rings (SSSR count). The average molecular weight is 386 g/mol. The summed E-state index contributed by atoms with van der Waals surface area (Å²) in [7, 11) is -3.45. The third-order valence-electron chi connectivity index (χ3n) is 4.75. The van der Waals surface area contributed by atoms with Crippen LogP contribution in [0, 0.1) is 5.82 Å². The minimum absolute atomic E-state index is 0.0573. The van der Waals surface area contributed by atoms with Crippen molar-refractivity contribution in [3.05, 3.63) is 35.6 Å². The number of carbonyl (C=O) groups is 1. The van der Waals surface area contributed by atoms with Crippen LogP contribution in [0.5, 0.6) is 0 Å². The lowest BCUT2D eigenvalue weighted by Gasteiger charge is -2.37. The third kappa shape index (κ3) is 6.31. The molecule has 0 saturated carbocycles. The minimum atomic E-state index is -3.45. The zero-order valence-electron chi connectivity index (χ0n) is 15.2. The molecule has 146 valence electrons. The first-order valence-electron chi connectivity index (χ1n) is 8.68. The molecule has 0 spiro atoms. The van der Waals surface area contributed by atoms with Crippen LogP contribution in [0.25, 0.3) is 0 Å². The largest absolute Gasteiger partial charge is 0.348 e. The standard InChI is InChI=1S/C17H27FN4O3S/c1-13(15-3-5-16(18)6-4-15)20-17(23)14(2)22-9-7-21(8-10-22)11-12-26(19,24)25/h3-6,13-14H,7-12H2,1-2H3,(H,20,23)(H2,19,24,25)/t13-,14-/m0/s1. The summed E-state index contributed by atoms with van der Waals surface area (Å²) in [6, 6.07) is 5.58. The lowest BCUT2D eigenvalue weighted by atomic mass is 10.1. The van der Waals surface area contributed by atoms with E-state index in [9.17, 15) is 17.6 Å². The first kappa shape index (κ1) is 20.8. The van der Waals surface area contributed by atoms with E-state index in [1.54, 1.807) is 12.1 Å². The first-order chi connectivity index (χ1) is 12.2. The number of rotatable bonds is 7. The van der Waals surface area contributed by atoms with Gasteiger partial charge in [-0.3, -0.25) is 14.6 Å². The summed E-state index contributed by atoms with van der Waals surface area (Å²) in [5.41, 5.74) is 0.847. The van der Waals surface area contributed by atoms with Gasteiger partial charge in [-0.1, -0.05) is 12.1 Å². The minimum Gasteiger partial charge on any atom is -0.348 e. The molecule has 1 amide bonds. The second-order valence-electron chi connectivity index (χ2n) is 6.70. The molecule has 0 unspecified atom stereocenters. The van der Waals surface area contributed by atoms with Crippen molar-refractivity contribution in [1.29, 1.82) is 0 Å². The van der Waals surface area contributed by atoms with Crippen molar-refractivity contribution in [3.63, 3.8) is 0 Å². The molecular formula is C17H27FN4O3S. The van der Waals surface area contributed by atoms with Crippen LogP contribution in [0.2, 0.25) is 0 Å². The Hall–Kier alpha value is -1.55. The molecule has 0 aliphatic carbocycles.